The van der Waals surface area contributed by atoms with E-state index in [4.69, 9.17) is 10.5 Å². The van der Waals surface area contributed by atoms with Gasteiger partial charge in [-0.25, -0.2) is 8.78 Å². The molecule has 0 aliphatic carbocycles. The van der Waals surface area contributed by atoms with E-state index in [2.05, 4.69) is 22.6 Å². The molecule has 0 fully saturated rings. The van der Waals surface area contributed by atoms with Crippen molar-refractivity contribution < 1.29 is 13.5 Å². The lowest BCUT2D eigenvalue weighted by molar-refractivity contribution is 0.406. The molecule has 5 heteroatoms. The van der Waals surface area contributed by atoms with Crippen LogP contribution in [0, 0.1) is 15.2 Å². The fourth-order valence-corrected chi connectivity index (χ4v) is 2.36. The van der Waals surface area contributed by atoms with Crippen LogP contribution in [0.4, 0.5) is 8.78 Å². The molecule has 0 radical (unpaired) electrons. The maximum Gasteiger partial charge on any atom is 0.198 e. The van der Waals surface area contributed by atoms with Crippen molar-refractivity contribution in [3.8, 4) is 11.5 Å². The number of benzene rings is 2. The van der Waals surface area contributed by atoms with Crippen molar-refractivity contribution in [1.29, 1.82) is 0 Å². The van der Waals surface area contributed by atoms with E-state index in [1.54, 1.807) is 25.1 Å². The smallest absolute Gasteiger partial charge is 0.198 e. The molecule has 0 spiro atoms. The summed E-state index contributed by atoms with van der Waals surface area (Å²) in [7, 11) is 0. The molecule has 2 N–H and O–H groups in total. The van der Waals surface area contributed by atoms with Crippen molar-refractivity contribution in [3.63, 3.8) is 0 Å². The summed E-state index contributed by atoms with van der Waals surface area (Å²) >= 11 is 2.10. The van der Waals surface area contributed by atoms with Crippen LogP contribution < -0.4 is 10.5 Å². The summed E-state index contributed by atoms with van der Waals surface area (Å²) in [5.41, 5.74) is 6.14. The molecule has 0 aliphatic heterocycles. The van der Waals surface area contributed by atoms with Crippen molar-refractivity contribution in [2.75, 3.05) is 0 Å². The molecule has 20 heavy (non-hydrogen) atoms. The van der Waals surface area contributed by atoms with E-state index in [-0.39, 0.29) is 11.8 Å². The lowest BCUT2D eigenvalue weighted by atomic mass is 10.1. The molecular weight excluding hydrogens is 375 g/mol. The second kappa shape index (κ2) is 6.49. The molecular formula is C15H14F2INO. The second-order valence-corrected chi connectivity index (χ2v) is 5.88. The van der Waals surface area contributed by atoms with Crippen molar-refractivity contribution in [2.24, 2.45) is 5.73 Å². The second-order valence-electron chi connectivity index (χ2n) is 4.63. The first kappa shape index (κ1) is 15.2. The summed E-state index contributed by atoms with van der Waals surface area (Å²) in [5.74, 6) is -1.44. The first-order valence-electron chi connectivity index (χ1n) is 6.12. The van der Waals surface area contributed by atoms with Crippen LogP contribution in [0.5, 0.6) is 11.5 Å². The van der Waals surface area contributed by atoms with Crippen LogP contribution in [-0.2, 0) is 6.42 Å². The van der Waals surface area contributed by atoms with Gasteiger partial charge < -0.3 is 10.5 Å². The van der Waals surface area contributed by atoms with Gasteiger partial charge in [-0.05, 0) is 71.8 Å². The molecule has 106 valence electrons. The van der Waals surface area contributed by atoms with Crippen molar-refractivity contribution in [1.82, 2.24) is 0 Å². The highest BCUT2D eigenvalue weighted by Crippen LogP contribution is 2.29. The Hall–Kier alpha value is -1.21. The monoisotopic (exact) mass is 389 g/mol. The Kier molecular flexibility index (Phi) is 4.93. The highest BCUT2D eigenvalue weighted by Gasteiger charge is 2.14. The maximum atomic E-state index is 13.9. The minimum absolute atomic E-state index is 0.156. The van der Waals surface area contributed by atoms with E-state index in [1.165, 1.54) is 12.1 Å². The van der Waals surface area contributed by atoms with Gasteiger partial charge in [0.05, 0.1) is 0 Å². The molecule has 2 nitrogen and oxygen atoms in total. The maximum absolute atomic E-state index is 13.9. The standard InChI is InChI=1S/C15H14F2INO/c1-9(19)5-10-6-13(16)15(14(17)7-10)20-12-4-2-3-11(18)8-12/h2-4,6-9H,5,19H2,1H3. The van der Waals surface area contributed by atoms with Crippen molar-refractivity contribution in [2.45, 2.75) is 19.4 Å². The van der Waals surface area contributed by atoms with Gasteiger partial charge in [0.25, 0.3) is 0 Å². The van der Waals surface area contributed by atoms with E-state index in [9.17, 15) is 8.78 Å². The minimum Gasteiger partial charge on any atom is -0.451 e. The molecule has 0 aromatic heterocycles. The Balaban J connectivity index is 2.28. The summed E-state index contributed by atoms with van der Waals surface area (Å²) in [4.78, 5) is 0. The molecule has 2 aromatic carbocycles. The summed E-state index contributed by atoms with van der Waals surface area (Å²) in [6.45, 7) is 1.78. The highest BCUT2D eigenvalue weighted by molar-refractivity contribution is 14.1. The zero-order valence-corrected chi connectivity index (χ0v) is 13.0. The van der Waals surface area contributed by atoms with Gasteiger partial charge in [-0.15, -0.1) is 0 Å². The number of ether oxygens (including phenoxy) is 1. The van der Waals surface area contributed by atoms with E-state index in [1.807, 2.05) is 6.07 Å². The van der Waals surface area contributed by atoms with E-state index in [0.29, 0.717) is 17.7 Å². The summed E-state index contributed by atoms with van der Waals surface area (Å²) in [6, 6.07) is 9.34. The number of rotatable bonds is 4. The van der Waals surface area contributed by atoms with Crippen LogP contribution in [0.1, 0.15) is 12.5 Å². The lowest BCUT2D eigenvalue weighted by Crippen LogP contribution is -2.18. The third-order valence-corrected chi connectivity index (χ3v) is 3.30. The van der Waals surface area contributed by atoms with Gasteiger partial charge in [0, 0.05) is 9.61 Å². The van der Waals surface area contributed by atoms with Gasteiger partial charge >= 0.3 is 0 Å². The molecule has 2 rings (SSSR count). The predicted octanol–water partition coefficient (Wildman–Crippen LogP) is 4.25. The molecule has 0 heterocycles. The third-order valence-electron chi connectivity index (χ3n) is 2.63. The van der Waals surface area contributed by atoms with Gasteiger partial charge in [-0.1, -0.05) is 6.07 Å². The number of hydrogen-bond donors (Lipinski definition) is 1. The first-order chi connectivity index (χ1) is 9.45. The van der Waals surface area contributed by atoms with E-state index in [0.717, 1.165) is 3.57 Å². The zero-order valence-electron chi connectivity index (χ0n) is 10.9. The summed E-state index contributed by atoms with van der Waals surface area (Å²) < 4.78 is 34.1. The fourth-order valence-electron chi connectivity index (χ4n) is 1.85. The molecule has 0 aliphatic rings. The molecule has 0 saturated carbocycles. The Labute approximate surface area is 130 Å². The molecule has 0 bridgehead atoms. The molecule has 1 unspecified atom stereocenters. The van der Waals surface area contributed by atoms with Gasteiger partial charge in [-0.3, -0.25) is 0 Å². The zero-order chi connectivity index (χ0) is 14.7. The van der Waals surface area contributed by atoms with Crippen LogP contribution in [0.25, 0.3) is 0 Å². The number of nitrogens with two attached hydrogens (primary N) is 1. The van der Waals surface area contributed by atoms with Gasteiger partial charge in [-0.2, -0.15) is 0 Å². The Morgan fingerprint density at radius 1 is 1.20 bits per heavy atom. The summed E-state index contributed by atoms with van der Waals surface area (Å²) in [5, 5.41) is 0. The average molecular weight is 389 g/mol. The Morgan fingerprint density at radius 3 is 2.40 bits per heavy atom. The van der Waals surface area contributed by atoms with Crippen molar-refractivity contribution >= 4 is 22.6 Å². The van der Waals surface area contributed by atoms with Crippen LogP contribution >= 0.6 is 22.6 Å². The average Bonchev–Trinajstić information content (AvgIpc) is 2.33. The van der Waals surface area contributed by atoms with Crippen LogP contribution in [-0.4, -0.2) is 6.04 Å². The molecule has 0 saturated heterocycles. The number of hydrogen-bond acceptors (Lipinski definition) is 2. The first-order valence-corrected chi connectivity index (χ1v) is 7.20. The predicted molar refractivity (Wildman–Crippen MR) is 82.9 cm³/mol. The van der Waals surface area contributed by atoms with Crippen LogP contribution in [0.15, 0.2) is 36.4 Å². The lowest BCUT2D eigenvalue weighted by Gasteiger charge is -2.11. The Morgan fingerprint density at radius 2 is 1.85 bits per heavy atom. The van der Waals surface area contributed by atoms with E-state index >= 15 is 0 Å². The SMILES string of the molecule is CC(N)Cc1cc(F)c(Oc2cccc(I)c2)c(F)c1. The Bertz CT molecular complexity index is 594. The summed E-state index contributed by atoms with van der Waals surface area (Å²) in [6.07, 6.45) is 0.414. The highest BCUT2D eigenvalue weighted by atomic mass is 127. The van der Waals surface area contributed by atoms with Gasteiger partial charge in [0.15, 0.2) is 17.4 Å². The normalized spacial score (nSPS) is 12.2. The topological polar surface area (TPSA) is 35.2 Å². The van der Waals surface area contributed by atoms with Crippen LogP contribution in [0.3, 0.4) is 0 Å². The molecule has 1 atom stereocenters. The third kappa shape index (κ3) is 3.89. The number of halogens is 3. The van der Waals surface area contributed by atoms with E-state index < -0.39 is 11.6 Å². The van der Waals surface area contributed by atoms with Gasteiger partial charge in [0.2, 0.25) is 0 Å². The van der Waals surface area contributed by atoms with Gasteiger partial charge in [0.1, 0.15) is 5.75 Å². The van der Waals surface area contributed by atoms with Crippen molar-refractivity contribution in [3.05, 3.63) is 57.2 Å². The molecule has 0 amide bonds. The van der Waals surface area contributed by atoms with Crippen LogP contribution in [0.2, 0.25) is 0 Å². The quantitative estimate of drug-likeness (QED) is 0.794. The fraction of sp³-hybridized carbons (Fsp3) is 0.200. The minimum atomic E-state index is -0.723. The molecule has 2 aromatic rings. The largest absolute Gasteiger partial charge is 0.451 e.